The first kappa shape index (κ1) is 13.0. The highest BCUT2D eigenvalue weighted by atomic mass is 16.7. The molecule has 0 N–H and O–H groups in total. The molecule has 1 aromatic carbocycles. The van der Waals surface area contributed by atoms with E-state index in [1.807, 2.05) is 0 Å². The molecule has 2 aromatic rings. The number of benzene rings is 1. The number of aryl methyl sites for hydroxylation is 1. The quantitative estimate of drug-likeness (QED) is 0.784. The van der Waals surface area contributed by atoms with Crippen molar-refractivity contribution in [3.63, 3.8) is 0 Å². The number of imide groups is 1. The summed E-state index contributed by atoms with van der Waals surface area (Å²) in [6, 6.07) is 9.65. The van der Waals surface area contributed by atoms with Gasteiger partial charge in [0.15, 0.2) is 5.69 Å². The van der Waals surface area contributed by atoms with E-state index >= 15 is 0 Å². The smallest absolute Gasteiger partial charge is 0.322 e. The molecule has 0 fully saturated rings. The van der Waals surface area contributed by atoms with E-state index in [0.29, 0.717) is 10.6 Å². The Morgan fingerprint density at radius 1 is 1.05 bits per heavy atom. The second kappa shape index (κ2) is 4.82. The largest absolute Gasteiger partial charge is 0.382 e. The monoisotopic (exact) mass is 282 g/mol. The van der Waals surface area contributed by atoms with Gasteiger partial charge in [-0.25, -0.2) is 9.78 Å². The highest BCUT2D eigenvalue weighted by Crippen LogP contribution is 2.23. The van der Waals surface area contributed by atoms with E-state index < -0.39 is 17.8 Å². The lowest BCUT2D eigenvalue weighted by Crippen LogP contribution is -2.33. The molecular weight excluding hydrogens is 272 g/mol. The predicted octanol–water partition coefficient (Wildman–Crippen LogP) is 1.76. The van der Waals surface area contributed by atoms with Gasteiger partial charge in [0.25, 0.3) is 11.8 Å². The minimum Gasteiger partial charge on any atom is -0.322 e. The second-order valence-corrected chi connectivity index (χ2v) is 4.50. The normalized spacial score (nSPS) is 13.3. The fraction of sp³-hybridized carbons (Fsp3) is 0.0667. The van der Waals surface area contributed by atoms with Crippen molar-refractivity contribution in [2.24, 2.45) is 0 Å². The third-order valence-corrected chi connectivity index (χ3v) is 3.13. The molecular formula is C15H10N2O4. The van der Waals surface area contributed by atoms with Crippen LogP contribution in [-0.4, -0.2) is 27.8 Å². The summed E-state index contributed by atoms with van der Waals surface area (Å²) in [6.45, 7) is 1.69. The van der Waals surface area contributed by atoms with Crippen molar-refractivity contribution in [1.82, 2.24) is 10.0 Å². The number of aromatic nitrogens is 1. The standard InChI is InChI=1S/C15H10N2O4/c1-9-5-4-8-16-12(9)15(20)21-17-13(18)10-6-2-3-7-11(10)14(17)19/h2-8H,1H3. The maximum absolute atomic E-state index is 12.1. The predicted molar refractivity (Wildman–Crippen MR) is 71.3 cm³/mol. The topological polar surface area (TPSA) is 76.6 Å². The van der Waals surface area contributed by atoms with Crippen molar-refractivity contribution >= 4 is 17.8 Å². The summed E-state index contributed by atoms with van der Waals surface area (Å²) in [6.07, 6.45) is 1.44. The Morgan fingerprint density at radius 2 is 1.67 bits per heavy atom. The summed E-state index contributed by atoms with van der Waals surface area (Å²) < 4.78 is 0. The van der Waals surface area contributed by atoms with E-state index in [2.05, 4.69) is 4.98 Å². The maximum Gasteiger partial charge on any atom is 0.382 e. The fourth-order valence-corrected chi connectivity index (χ4v) is 2.08. The van der Waals surface area contributed by atoms with E-state index in [1.54, 1.807) is 31.2 Å². The lowest BCUT2D eigenvalue weighted by atomic mass is 10.1. The lowest BCUT2D eigenvalue weighted by molar-refractivity contribution is -0.0589. The van der Waals surface area contributed by atoms with E-state index in [1.165, 1.54) is 18.3 Å². The highest BCUT2D eigenvalue weighted by molar-refractivity contribution is 6.21. The Morgan fingerprint density at radius 3 is 2.24 bits per heavy atom. The Kier molecular flexibility index (Phi) is 2.98. The summed E-state index contributed by atoms with van der Waals surface area (Å²) in [5, 5.41) is 0.473. The van der Waals surface area contributed by atoms with E-state index in [-0.39, 0.29) is 16.8 Å². The first-order valence-electron chi connectivity index (χ1n) is 6.21. The lowest BCUT2D eigenvalue weighted by Gasteiger charge is -2.12. The van der Waals surface area contributed by atoms with Crippen LogP contribution in [0.5, 0.6) is 0 Å². The molecule has 0 saturated heterocycles. The van der Waals surface area contributed by atoms with Gasteiger partial charge in [0, 0.05) is 6.20 Å². The van der Waals surface area contributed by atoms with Gasteiger partial charge in [-0.3, -0.25) is 9.59 Å². The molecule has 0 bridgehead atoms. The van der Waals surface area contributed by atoms with Crippen LogP contribution in [0.1, 0.15) is 36.8 Å². The molecule has 0 atom stereocenters. The number of hydrogen-bond donors (Lipinski definition) is 0. The number of fused-ring (bicyclic) bond motifs is 1. The molecule has 0 unspecified atom stereocenters. The molecule has 0 spiro atoms. The number of rotatable bonds is 2. The van der Waals surface area contributed by atoms with Crippen LogP contribution in [0.3, 0.4) is 0 Å². The average Bonchev–Trinajstić information content (AvgIpc) is 2.73. The van der Waals surface area contributed by atoms with Gasteiger partial charge in [0.1, 0.15) is 0 Å². The molecule has 104 valence electrons. The third-order valence-electron chi connectivity index (χ3n) is 3.13. The van der Waals surface area contributed by atoms with Crippen LogP contribution in [0.2, 0.25) is 0 Å². The Hall–Kier alpha value is -3.02. The van der Waals surface area contributed by atoms with Gasteiger partial charge in [-0.05, 0) is 30.7 Å². The molecule has 1 aromatic heterocycles. The number of amides is 2. The van der Waals surface area contributed by atoms with Crippen LogP contribution in [-0.2, 0) is 4.84 Å². The van der Waals surface area contributed by atoms with Gasteiger partial charge in [0.2, 0.25) is 0 Å². The molecule has 1 aliphatic heterocycles. The van der Waals surface area contributed by atoms with Gasteiger partial charge < -0.3 is 4.84 Å². The molecule has 6 nitrogen and oxygen atoms in total. The van der Waals surface area contributed by atoms with Crippen molar-refractivity contribution in [2.45, 2.75) is 6.92 Å². The van der Waals surface area contributed by atoms with Crippen LogP contribution in [0.15, 0.2) is 42.6 Å². The third kappa shape index (κ3) is 2.06. The van der Waals surface area contributed by atoms with Crippen LogP contribution < -0.4 is 0 Å². The van der Waals surface area contributed by atoms with Gasteiger partial charge in [0.05, 0.1) is 11.1 Å². The summed E-state index contributed by atoms with van der Waals surface area (Å²) in [7, 11) is 0. The average molecular weight is 282 g/mol. The van der Waals surface area contributed by atoms with Crippen molar-refractivity contribution in [3.05, 3.63) is 65.0 Å². The summed E-state index contributed by atoms with van der Waals surface area (Å²) in [5.74, 6) is -2.15. The van der Waals surface area contributed by atoms with Crippen molar-refractivity contribution in [2.75, 3.05) is 0 Å². The van der Waals surface area contributed by atoms with E-state index in [9.17, 15) is 14.4 Å². The molecule has 6 heteroatoms. The fourth-order valence-electron chi connectivity index (χ4n) is 2.08. The first-order chi connectivity index (χ1) is 10.1. The second-order valence-electron chi connectivity index (χ2n) is 4.50. The van der Waals surface area contributed by atoms with Crippen molar-refractivity contribution in [3.8, 4) is 0 Å². The number of pyridine rings is 1. The molecule has 0 saturated carbocycles. The molecule has 21 heavy (non-hydrogen) atoms. The number of carbonyl (C=O) groups excluding carboxylic acids is 3. The maximum atomic E-state index is 12.1. The molecule has 2 heterocycles. The van der Waals surface area contributed by atoms with Crippen LogP contribution in [0, 0.1) is 6.92 Å². The zero-order valence-corrected chi connectivity index (χ0v) is 11.1. The molecule has 1 aliphatic rings. The summed E-state index contributed by atoms with van der Waals surface area (Å²) in [5.41, 5.74) is 1.09. The number of carbonyl (C=O) groups is 3. The van der Waals surface area contributed by atoms with Crippen LogP contribution in [0.25, 0.3) is 0 Å². The first-order valence-corrected chi connectivity index (χ1v) is 6.21. The molecule has 0 radical (unpaired) electrons. The molecule has 0 aliphatic carbocycles. The number of hydrogen-bond acceptors (Lipinski definition) is 5. The molecule has 2 amide bonds. The SMILES string of the molecule is Cc1cccnc1C(=O)ON1C(=O)c2ccccc2C1=O. The number of hydroxylamine groups is 2. The zero-order valence-electron chi connectivity index (χ0n) is 11.1. The van der Waals surface area contributed by atoms with Gasteiger partial charge in [-0.2, -0.15) is 0 Å². The summed E-state index contributed by atoms with van der Waals surface area (Å²) in [4.78, 5) is 45.0. The van der Waals surface area contributed by atoms with E-state index in [0.717, 1.165) is 0 Å². The van der Waals surface area contributed by atoms with Gasteiger partial charge in [-0.15, -0.1) is 0 Å². The summed E-state index contributed by atoms with van der Waals surface area (Å²) >= 11 is 0. The minimum absolute atomic E-state index is 0.0639. The molecule has 3 rings (SSSR count). The number of nitrogens with zero attached hydrogens (tertiary/aromatic N) is 2. The Bertz CT molecular complexity index is 735. The van der Waals surface area contributed by atoms with Gasteiger partial charge in [-0.1, -0.05) is 23.3 Å². The van der Waals surface area contributed by atoms with E-state index in [4.69, 9.17) is 4.84 Å². The van der Waals surface area contributed by atoms with Crippen molar-refractivity contribution in [1.29, 1.82) is 0 Å². The van der Waals surface area contributed by atoms with Crippen LogP contribution >= 0.6 is 0 Å². The van der Waals surface area contributed by atoms with Crippen LogP contribution in [0.4, 0.5) is 0 Å². The highest BCUT2D eigenvalue weighted by Gasteiger charge is 2.39. The van der Waals surface area contributed by atoms with Gasteiger partial charge >= 0.3 is 5.97 Å². The van der Waals surface area contributed by atoms with Crippen molar-refractivity contribution < 1.29 is 19.2 Å². The Labute approximate surface area is 119 Å². The zero-order chi connectivity index (χ0) is 15.0. The minimum atomic E-state index is -0.845. The Balaban J connectivity index is 1.88.